The first kappa shape index (κ1) is 6.15. The molecule has 0 aromatic carbocycles. The van der Waals surface area contributed by atoms with E-state index in [1.165, 1.54) is 0 Å². The van der Waals surface area contributed by atoms with E-state index in [-0.39, 0.29) is 10.1 Å². The molecule has 1 fully saturated rings. The quantitative estimate of drug-likeness (QED) is 0.460. The Kier molecular flexibility index (Phi) is 1.44. The molecule has 1 rings (SSSR count). The molecule has 1 heterocycles. The Bertz CT molecular complexity index is 199. The number of carbonyl (C=O) groups excluding carboxylic acids is 2. The van der Waals surface area contributed by atoms with Gasteiger partial charge in [-0.05, 0) is 11.8 Å². The Balaban J connectivity index is 2.81. The summed E-state index contributed by atoms with van der Waals surface area (Å²) in [5.41, 5.74) is 4.99. The molecule has 0 radical (unpaired) electrons. The highest BCUT2D eigenvalue weighted by Crippen LogP contribution is 2.20. The van der Waals surface area contributed by atoms with Gasteiger partial charge in [0.15, 0.2) is 0 Å². The van der Waals surface area contributed by atoms with Gasteiger partial charge in [0.05, 0.1) is 4.91 Å². The molecule has 1 saturated heterocycles. The van der Waals surface area contributed by atoms with Crippen molar-refractivity contribution in [1.29, 1.82) is 0 Å². The van der Waals surface area contributed by atoms with Gasteiger partial charge in [-0.2, -0.15) is 0 Å². The van der Waals surface area contributed by atoms with Crippen LogP contribution in [0.5, 0.6) is 0 Å². The molecule has 2 amide bonds. The first-order valence-corrected chi connectivity index (χ1v) is 3.01. The van der Waals surface area contributed by atoms with Gasteiger partial charge in [0.25, 0.3) is 11.1 Å². The van der Waals surface area contributed by atoms with Crippen LogP contribution in [0.3, 0.4) is 0 Å². The zero-order valence-electron chi connectivity index (χ0n) is 4.38. The molecule has 0 unspecified atom stereocenters. The summed E-state index contributed by atoms with van der Waals surface area (Å²) in [5, 5.41) is 1.69. The van der Waals surface area contributed by atoms with Crippen molar-refractivity contribution in [3.63, 3.8) is 0 Å². The maximum Gasteiger partial charge on any atom is 0.290 e. The van der Waals surface area contributed by atoms with Crippen LogP contribution in [-0.2, 0) is 4.79 Å². The molecule has 0 atom stereocenters. The van der Waals surface area contributed by atoms with Crippen molar-refractivity contribution in [1.82, 2.24) is 5.32 Å². The number of hydrogen-bond donors (Lipinski definition) is 2. The lowest BCUT2D eigenvalue weighted by Crippen LogP contribution is -2.18. The molecule has 0 bridgehead atoms. The van der Waals surface area contributed by atoms with Gasteiger partial charge in [0, 0.05) is 6.20 Å². The molecule has 0 saturated carbocycles. The summed E-state index contributed by atoms with van der Waals surface area (Å²) >= 11 is 0.810. The molecule has 0 aromatic heterocycles. The number of thioether (sulfide) groups is 1. The van der Waals surface area contributed by atoms with Crippen molar-refractivity contribution < 1.29 is 9.59 Å². The summed E-state index contributed by atoms with van der Waals surface area (Å²) in [6.07, 6.45) is 1.12. The van der Waals surface area contributed by atoms with E-state index in [0.717, 1.165) is 18.0 Å². The minimum absolute atomic E-state index is 0.264. The second-order valence-corrected chi connectivity index (χ2v) is 2.39. The fourth-order valence-corrected chi connectivity index (χ4v) is 0.991. The van der Waals surface area contributed by atoms with Crippen LogP contribution in [-0.4, -0.2) is 11.1 Å². The van der Waals surface area contributed by atoms with Crippen molar-refractivity contribution in [2.24, 2.45) is 5.73 Å². The van der Waals surface area contributed by atoms with Crippen LogP contribution in [0.1, 0.15) is 0 Å². The van der Waals surface area contributed by atoms with Gasteiger partial charge in [-0.3, -0.25) is 14.9 Å². The summed E-state index contributed by atoms with van der Waals surface area (Å²) in [4.78, 5) is 21.1. The van der Waals surface area contributed by atoms with Crippen molar-refractivity contribution in [3.8, 4) is 0 Å². The Morgan fingerprint density at radius 3 is 2.44 bits per heavy atom. The monoisotopic (exact) mass is 144 g/mol. The summed E-state index contributed by atoms with van der Waals surface area (Å²) in [5.74, 6) is -0.410. The third-order valence-corrected chi connectivity index (χ3v) is 1.62. The molecule has 0 aromatic rings. The summed E-state index contributed by atoms with van der Waals surface area (Å²) in [7, 11) is 0. The molecule has 0 aliphatic carbocycles. The SMILES string of the molecule is N/C=C1\SC(=O)NC1=O. The molecular weight excluding hydrogens is 140 g/mol. The van der Waals surface area contributed by atoms with Crippen molar-refractivity contribution in [3.05, 3.63) is 11.1 Å². The van der Waals surface area contributed by atoms with Crippen LogP contribution in [0, 0.1) is 0 Å². The molecule has 4 nitrogen and oxygen atoms in total. The van der Waals surface area contributed by atoms with E-state index in [1.807, 2.05) is 0 Å². The van der Waals surface area contributed by atoms with Crippen molar-refractivity contribution in [2.75, 3.05) is 0 Å². The second kappa shape index (κ2) is 2.10. The lowest BCUT2D eigenvalue weighted by molar-refractivity contribution is -0.115. The van der Waals surface area contributed by atoms with Gasteiger partial charge in [-0.25, -0.2) is 0 Å². The molecule has 9 heavy (non-hydrogen) atoms. The highest BCUT2D eigenvalue weighted by Gasteiger charge is 2.24. The summed E-state index contributed by atoms with van der Waals surface area (Å²) in [6, 6.07) is 0. The number of hydrogen-bond acceptors (Lipinski definition) is 4. The van der Waals surface area contributed by atoms with Gasteiger partial charge in [-0.1, -0.05) is 0 Å². The number of imide groups is 1. The predicted octanol–water partition coefficient (Wildman–Crippen LogP) is -0.231. The number of rotatable bonds is 0. The van der Waals surface area contributed by atoms with Crippen LogP contribution in [0.4, 0.5) is 4.79 Å². The number of amides is 2. The number of nitrogens with two attached hydrogens (primary N) is 1. The minimum Gasteiger partial charge on any atom is -0.404 e. The minimum atomic E-state index is -0.410. The van der Waals surface area contributed by atoms with Crippen molar-refractivity contribution >= 4 is 22.9 Å². The van der Waals surface area contributed by atoms with Gasteiger partial charge in [0.2, 0.25) is 0 Å². The normalized spacial score (nSPS) is 22.9. The number of carbonyl (C=O) groups is 2. The predicted molar refractivity (Wildman–Crippen MR) is 33.4 cm³/mol. The van der Waals surface area contributed by atoms with Gasteiger partial charge in [-0.15, -0.1) is 0 Å². The molecular formula is C4H4N2O2S. The topological polar surface area (TPSA) is 72.2 Å². The third-order valence-electron chi connectivity index (χ3n) is 0.793. The van der Waals surface area contributed by atoms with E-state index in [1.54, 1.807) is 0 Å². The first-order chi connectivity index (χ1) is 4.24. The van der Waals surface area contributed by atoms with Gasteiger partial charge < -0.3 is 5.73 Å². The zero-order valence-corrected chi connectivity index (χ0v) is 5.20. The van der Waals surface area contributed by atoms with E-state index < -0.39 is 5.91 Å². The van der Waals surface area contributed by atoms with Crippen LogP contribution in [0.25, 0.3) is 0 Å². The lowest BCUT2D eigenvalue weighted by Gasteiger charge is -1.81. The average molecular weight is 144 g/mol. The Morgan fingerprint density at radius 2 is 2.22 bits per heavy atom. The highest BCUT2D eigenvalue weighted by atomic mass is 32.2. The highest BCUT2D eigenvalue weighted by molar-refractivity contribution is 8.18. The average Bonchev–Trinajstić information content (AvgIpc) is 2.10. The maximum absolute atomic E-state index is 10.5. The van der Waals surface area contributed by atoms with E-state index in [4.69, 9.17) is 5.73 Å². The largest absolute Gasteiger partial charge is 0.404 e. The first-order valence-electron chi connectivity index (χ1n) is 2.19. The Morgan fingerprint density at radius 1 is 1.56 bits per heavy atom. The van der Waals surface area contributed by atoms with Crippen molar-refractivity contribution in [2.45, 2.75) is 0 Å². The van der Waals surface area contributed by atoms with Crippen LogP contribution in [0.2, 0.25) is 0 Å². The molecule has 3 N–H and O–H groups in total. The molecule has 5 heteroatoms. The summed E-state index contributed by atoms with van der Waals surface area (Å²) in [6.45, 7) is 0. The van der Waals surface area contributed by atoms with E-state index in [0.29, 0.717) is 0 Å². The van der Waals surface area contributed by atoms with Crippen LogP contribution < -0.4 is 11.1 Å². The van der Waals surface area contributed by atoms with E-state index in [2.05, 4.69) is 5.32 Å². The van der Waals surface area contributed by atoms with E-state index in [9.17, 15) is 9.59 Å². The Hall–Kier alpha value is -0.970. The van der Waals surface area contributed by atoms with Crippen LogP contribution >= 0.6 is 11.8 Å². The van der Waals surface area contributed by atoms with Gasteiger partial charge in [0.1, 0.15) is 0 Å². The fraction of sp³-hybridized carbons (Fsp3) is 0. The zero-order chi connectivity index (χ0) is 6.85. The smallest absolute Gasteiger partial charge is 0.290 e. The third kappa shape index (κ3) is 1.05. The molecule has 48 valence electrons. The fourth-order valence-electron chi connectivity index (χ4n) is 0.436. The lowest BCUT2D eigenvalue weighted by atomic mass is 10.6. The number of nitrogens with one attached hydrogen (secondary N) is 1. The summed E-state index contributed by atoms with van der Waals surface area (Å²) < 4.78 is 0. The Labute approximate surface area is 55.5 Å². The maximum atomic E-state index is 10.5. The molecule has 1 aliphatic heterocycles. The van der Waals surface area contributed by atoms with Crippen LogP contribution in [0.15, 0.2) is 11.1 Å². The molecule has 0 spiro atoms. The van der Waals surface area contributed by atoms with E-state index >= 15 is 0 Å². The molecule has 1 aliphatic rings. The second-order valence-electron chi connectivity index (χ2n) is 1.37. The van der Waals surface area contributed by atoms with Gasteiger partial charge >= 0.3 is 0 Å². The standard InChI is InChI=1S/C4H4N2O2S/c5-1-2-3(7)6-4(8)9-2/h1H,5H2,(H,6,7,8)/b2-1-.